The molecular weight excluding hydrogens is 296 g/mol. The molecule has 1 aliphatic carbocycles. The number of nitrogens with zero attached hydrogens (tertiary/aromatic N) is 3. The number of aromatic nitrogens is 3. The summed E-state index contributed by atoms with van der Waals surface area (Å²) in [6.45, 7) is 2.79. The molecule has 0 aromatic carbocycles. The van der Waals surface area contributed by atoms with Crippen LogP contribution < -0.4 is 5.32 Å². The van der Waals surface area contributed by atoms with Crippen molar-refractivity contribution in [1.82, 2.24) is 20.1 Å². The van der Waals surface area contributed by atoms with Crippen LogP contribution in [0.5, 0.6) is 0 Å². The Hall–Kier alpha value is -1.69. The zero-order valence-corrected chi connectivity index (χ0v) is 13.7. The summed E-state index contributed by atoms with van der Waals surface area (Å²) in [7, 11) is 0. The summed E-state index contributed by atoms with van der Waals surface area (Å²) >= 11 is 1.67. The molecule has 2 aromatic heterocycles. The lowest BCUT2D eigenvalue weighted by Crippen LogP contribution is -2.43. The average molecular weight is 318 g/mol. The number of nitrogens with one attached hydrogen (secondary N) is 1. The van der Waals surface area contributed by atoms with Crippen LogP contribution in [0.2, 0.25) is 0 Å². The van der Waals surface area contributed by atoms with Crippen molar-refractivity contribution in [1.29, 1.82) is 0 Å². The van der Waals surface area contributed by atoms with E-state index in [1.807, 2.05) is 23.9 Å². The monoisotopic (exact) mass is 318 g/mol. The molecule has 0 spiro atoms. The van der Waals surface area contributed by atoms with Gasteiger partial charge in [0.15, 0.2) is 0 Å². The van der Waals surface area contributed by atoms with Crippen LogP contribution in [0.1, 0.15) is 49.2 Å². The van der Waals surface area contributed by atoms with E-state index >= 15 is 0 Å². The van der Waals surface area contributed by atoms with Gasteiger partial charge in [0.25, 0.3) is 0 Å². The minimum Gasteiger partial charge on any atom is -0.344 e. The predicted molar refractivity (Wildman–Crippen MR) is 86.6 cm³/mol. The predicted octanol–water partition coefficient (Wildman–Crippen LogP) is 3.01. The Kier molecular flexibility index (Phi) is 4.57. The number of rotatable bonds is 6. The van der Waals surface area contributed by atoms with Gasteiger partial charge < -0.3 is 5.32 Å². The van der Waals surface area contributed by atoms with Gasteiger partial charge in [0.1, 0.15) is 5.01 Å². The first-order valence-electron chi connectivity index (χ1n) is 7.89. The third-order valence-electron chi connectivity index (χ3n) is 4.21. The normalized spacial score (nSPS) is 16.8. The molecule has 0 radical (unpaired) electrons. The second kappa shape index (κ2) is 6.60. The summed E-state index contributed by atoms with van der Waals surface area (Å²) in [6.07, 6.45) is 9.35. The molecule has 2 heterocycles. The highest BCUT2D eigenvalue weighted by Gasteiger charge is 2.39. The van der Waals surface area contributed by atoms with E-state index in [0.717, 1.165) is 49.4 Å². The Balaban J connectivity index is 1.58. The van der Waals surface area contributed by atoms with Crippen molar-refractivity contribution >= 4 is 17.2 Å². The van der Waals surface area contributed by atoms with E-state index in [4.69, 9.17) is 0 Å². The van der Waals surface area contributed by atoms with E-state index in [1.165, 1.54) is 0 Å². The molecule has 1 N–H and O–H groups in total. The SMILES string of the molecule is Cc1csc(C2(NC(=O)CCCn3cccn3)CCCC2)n1. The van der Waals surface area contributed by atoms with Gasteiger partial charge in [0.2, 0.25) is 5.91 Å². The molecule has 3 rings (SSSR count). The minimum atomic E-state index is -0.221. The van der Waals surface area contributed by atoms with Crippen LogP contribution >= 0.6 is 11.3 Å². The highest BCUT2D eigenvalue weighted by molar-refractivity contribution is 7.09. The van der Waals surface area contributed by atoms with Crippen LogP contribution in [0.3, 0.4) is 0 Å². The van der Waals surface area contributed by atoms with Crippen molar-refractivity contribution < 1.29 is 4.79 Å². The second-order valence-electron chi connectivity index (χ2n) is 6.00. The average Bonchev–Trinajstić information content (AvgIpc) is 3.20. The molecule has 22 heavy (non-hydrogen) atoms. The Morgan fingerprint density at radius 2 is 2.27 bits per heavy atom. The Morgan fingerprint density at radius 1 is 1.45 bits per heavy atom. The summed E-state index contributed by atoms with van der Waals surface area (Å²) < 4.78 is 1.86. The van der Waals surface area contributed by atoms with Gasteiger partial charge in [-0.2, -0.15) is 5.10 Å². The maximum atomic E-state index is 12.3. The van der Waals surface area contributed by atoms with Crippen LogP contribution in [-0.4, -0.2) is 20.7 Å². The van der Waals surface area contributed by atoms with E-state index < -0.39 is 0 Å². The van der Waals surface area contributed by atoms with Crippen molar-refractivity contribution in [3.63, 3.8) is 0 Å². The van der Waals surface area contributed by atoms with Crippen molar-refractivity contribution in [3.05, 3.63) is 34.5 Å². The molecule has 0 saturated heterocycles. The molecule has 0 bridgehead atoms. The van der Waals surface area contributed by atoms with Crippen LogP contribution in [0.15, 0.2) is 23.8 Å². The molecule has 1 amide bonds. The second-order valence-corrected chi connectivity index (χ2v) is 6.86. The number of hydrogen-bond donors (Lipinski definition) is 1. The van der Waals surface area contributed by atoms with Gasteiger partial charge in [0, 0.05) is 36.4 Å². The Bertz CT molecular complexity index is 614. The number of carbonyl (C=O) groups is 1. The maximum Gasteiger partial charge on any atom is 0.220 e. The molecule has 0 aliphatic heterocycles. The lowest BCUT2D eigenvalue weighted by atomic mass is 9.98. The van der Waals surface area contributed by atoms with Crippen LogP contribution in [0.25, 0.3) is 0 Å². The van der Waals surface area contributed by atoms with Crippen molar-refractivity contribution in [3.8, 4) is 0 Å². The molecule has 1 saturated carbocycles. The number of aryl methyl sites for hydroxylation is 2. The topological polar surface area (TPSA) is 59.8 Å². The van der Waals surface area contributed by atoms with E-state index in [-0.39, 0.29) is 11.4 Å². The highest BCUT2D eigenvalue weighted by atomic mass is 32.1. The Morgan fingerprint density at radius 3 is 2.91 bits per heavy atom. The zero-order valence-electron chi connectivity index (χ0n) is 12.9. The van der Waals surface area contributed by atoms with Crippen molar-refractivity contribution in [2.45, 2.75) is 57.5 Å². The molecule has 0 unspecified atom stereocenters. The van der Waals surface area contributed by atoms with Crippen molar-refractivity contribution in [2.24, 2.45) is 0 Å². The third kappa shape index (κ3) is 3.38. The molecule has 6 heteroatoms. The van der Waals surface area contributed by atoms with E-state index in [0.29, 0.717) is 6.42 Å². The fourth-order valence-electron chi connectivity index (χ4n) is 3.11. The van der Waals surface area contributed by atoms with Crippen LogP contribution in [-0.2, 0) is 16.9 Å². The molecule has 2 aromatic rings. The maximum absolute atomic E-state index is 12.3. The first-order valence-corrected chi connectivity index (χ1v) is 8.77. The van der Waals surface area contributed by atoms with Crippen LogP contribution in [0.4, 0.5) is 0 Å². The molecule has 0 atom stereocenters. The Labute approximate surface area is 134 Å². The molecule has 5 nitrogen and oxygen atoms in total. The van der Waals surface area contributed by atoms with Gasteiger partial charge >= 0.3 is 0 Å². The zero-order chi connectivity index (χ0) is 15.4. The number of carbonyl (C=O) groups excluding carboxylic acids is 1. The first-order chi connectivity index (χ1) is 10.7. The summed E-state index contributed by atoms with van der Waals surface area (Å²) in [6, 6.07) is 1.90. The summed E-state index contributed by atoms with van der Waals surface area (Å²) in [5, 5.41) is 10.6. The minimum absolute atomic E-state index is 0.127. The number of amides is 1. The molecule has 1 aliphatic rings. The number of thiazole rings is 1. The largest absolute Gasteiger partial charge is 0.344 e. The smallest absolute Gasteiger partial charge is 0.220 e. The highest BCUT2D eigenvalue weighted by Crippen LogP contribution is 2.40. The summed E-state index contributed by atoms with van der Waals surface area (Å²) in [5.74, 6) is 0.127. The molecule has 1 fully saturated rings. The van der Waals surface area contributed by atoms with Gasteiger partial charge in [-0.15, -0.1) is 11.3 Å². The molecule has 118 valence electrons. The molecular formula is C16H22N4OS. The summed E-state index contributed by atoms with van der Waals surface area (Å²) in [5.41, 5.74) is 0.820. The fraction of sp³-hybridized carbons (Fsp3) is 0.562. The number of hydrogen-bond acceptors (Lipinski definition) is 4. The van der Waals surface area contributed by atoms with Gasteiger partial charge in [-0.3, -0.25) is 9.48 Å². The lowest BCUT2D eigenvalue weighted by molar-refractivity contribution is -0.123. The van der Waals surface area contributed by atoms with Crippen molar-refractivity contribution in [2.75, 3.05) is 0 Å². The summed E-state index contributed by atoms with van der Waals surface area (Å²) in [4.78, 5) is 17.0. The van der Waals surface area contributed by atoms with Gasteiger partial charge in [-0.25, -0.2) is 4.98 Å². The quantitative estimate of drug-likeness (QED) is 0.890. The van der Waals surface area contributed by atoms with E-state index in [1.54, 1.807) is 17.5 Å². The lowest BCUT2D eigenvalue weighted by Gasteiger charge is -2.28. The fourth-order valence-corrected chi connectivity index (χ4v) is 4.12. The van der Waals surface area contributed by atoms with Gasteiger partial charge in [-0.1, -0.05) is 12.8 Å². The first kappa shape index (κ1) is 15.2. The van der Waals surface area contributed by atoms with Crippen LogP contribution in [0, 0.1) is 6.92 Å². The standard InChI is InChI=1S/C16H22N4OS/c1-13-12-22-15(18-13)16(7-2-3-8-16)19-14(21)6-4-10-20-11-5-9-17-20/h5,9,11-12H,2-4,6-8,10H2,1H3,(H,19,21). The van der Waals surface area contributed by atoms with E-state index in [9.17, 15) is 4.79 Å². The van der Waals surface area contributed by atoms with Gasteiger partial charge in [-0.05, 0) is 32.3 Å². The van der Waals surface area contributed by atoms with E-state index in [2.05, 4.69) is 20.8 Å². The third-order valence-corrected chi connectivity index (χ3v) is 5.38. The van der Waals surface area contributed by atoms with Gasteiger partial charge in [0.05, 0.1) is 5.54 Å².